The summed E-state index contributed by atoms with van der Waals surface area (Å²) in [5.41, 5.74) is 2.67. The molecule has 1 aliphatic rings. The lowest BCUT2D eigenvalue weighted by molar-refractivity contribution is 1.26. The second kappa shape index (κ2) is 3.40. The summed E-state index contributed by atoms with van der Waals surface area (Å²) in [6, 6.07) is 10.4. The largest absolute Gasteiger partial charge is 0.0804 e. The highest BCUT2D eigenvalue weighted by Gasteiger charge is 2.00. The molecule has 0 bridgehead atoms. The van der Waals surface area contributed by atoms with Crippen molar-refractivity contribution in [1.29, 1.82) is 0 Å². The van der Waals surface area contributed by atoms with Crippen molar-refractivity contribution in [3.05, 3.63) is 66.1 Å². The van der Waals surface area contributed by atoms with Gasteiger partial charge in [-0.25, -0.2) is 0 Å². The minimum atomic E-state index is 1.08. The van der Waals surface area contributed by atoms with Gasteiger partial charge in [-0.15, -0.1) is 0 Å². The van der Waals surface area contributed by atoms with Gasteiger partial charge in [-0.2, -0.15) is 0 Å². The Bertz CT molecular complexity index is 304. The van der Waals surface area contributed by atoms with E-state index in [0.717, 1.165) is 6.42 Å². The minimum Gasteiger partial charge on any atom is -0.0804 e. The smallest absolute Gasteiger partial charge is 0.0161 e. The molecule has 0 atom stereocenters. The maximum absolute atomic E-state index is 2.22. The van der Waals surface area contributed by atoms with Crippen molar-refractivity contribution in [2.45, 2.75) is 6.42 Å². The molecule has 1 aromatic carbocycles. The first kappa shape index (κ1) is 7.35. The molecule has 0 spiro atoms. The van der Waals surface area contributed by atoms with E-state index in [-0.39, 0.29) is 0 Å². The summed E-state index contributed by atoms with van der Waals surface area (Å²) >= 11 is 0. The molecule has 0 fully saturated rings. The summed E-state index contributed by atoms with van der Waals surface area (Å²) in [6.45, 7) is 0. The molecule has 0 aliphatic heterocycles. The molecule has 0 heterocycles. The van der Waals surface area contributed by atoms with Gasteiger partial charge >= 0.3 is 0 Å². The van der Waals surface area contributed by atoms with Crippen LogP contribution in [0.25, 0.3) is 0 Å². The maximum Gasteiger partial charge on any atom is 0.0161 e. The van der Waals surface area contributed by atoms with Crippen LogP contribution in [0.5, 0.6) is 0 Å². The first-order valence-electron chi connectivity index (χ1n) is 4.21. The molecule has 0 nitrogen and oxygen atoms in total. The van der Waals surface area contributed by atoms with Gasteiger partial charge in [0.25, 0.3) is 0 Å². The van der Waals surface area contributed by atoms with Crippen molar-refractivity contribution < 1.29 is 0 Å². The molecular weight excluding hydrogens is 144 g/mol. The van der Waals surface area contributed by atoms with E-state index in [2.05, 4.69) is 48.9 Å². The molecule has 2 rings (SSSR count). The third-order valence-electron chi connectivity index (χ3n) is 1.95. The molecule has 59 valence electrons. The lowest BCUT2D eigenvalue weighted by atomic mass is 10.1. The van der Waals surface area contributed by atoms with E-state index >= 15 is 0 Å². The molecule has 0 N–H and O–H groups in total. The van der Waals surface area contributed by atoms with Gasteiger partial charge in [-0.05, 0) is 12.0 Å². The zero-order valence-corrected chi connectivity index (χ0v) is 6.90. The molecular formula is C12H11. The van der Waals surface area contributed by atoms with Crippen molar-refractivity contribution in [3.8, 4) is 0 Å². The summed E-state index contributed by atoms with van der Waals surface area (Å²) in [6.07, 6.45) is 9.74. The van der Waals surface area contributed by atoms with Gasteiger partial charge in [-0.3, -0.25) is 0 Å². The zero-order valence-electron chi connectivity index (χ0n) is 6.90. The van der Waals surface area contributed by atoms with E-state index in [1.807, 2.05) is 6.07 Å². The average Bonchev–Trinajstić information content (AvgIpc) is 2.59. The van der Waals surface area contributed by atoms with Gasteiger partial charge in [0.2, 0.25) is 0 Å². The Hall–Kier alpha value is -1.30. The molecule has 0 amide bonds. The standard InChI is InChI=1S/C12H11/c1-2-6-11(7-3-1)10-12-8-4-5-9-12/h1-8,10H,9H2. The number of hydrogen-bond acceptors (Lipinski definition) is 0. The molecule has 0 heteroatoms. The Morgan fingerprint density at radius 2 is 1.92 bits per heavy atom. The number of allylic oxidation sites excluding steroid dienone is 4. The van der Waals surface area contributed by atoms with Gasteiger partial charge < -0.3 is 0 Å². The van der Waals surface area contributed by atoms with Crippen molar-refractivity contribution >= 4 is 0 Å². The summed E-state index contributed by atoms with van der Waals surface area (Å²) in [4.78, 5) is 0. The summed E-state index contributed by atoms with van der Waals surface area (Å²) < 4.78 is 0. The highest BCUT2D eigenvalue weighted by Crippen LogP contribution is 2.17. The number of benzene rings is 1. The minimum absolute atomic E-state index is 1.08. The maximum atomic E-state index is 2.22. The van der Waals surface area contributed by atoms with Gasteiger partial charge in [0, 0.05) is 6.42 Å². The van der Waals surface area contributed by atoms with Crippen LogP contribution in [-0.2, 0) is 0 Å². The van der Waals surface area contributed by atoms with E-state index in [4.69, 9.17) is 0 Å². The Morgan fingerprint density at radius 3 is 2.58 bits per heavy atom. The summed E-state index contributed by atoms with van der Waals surface area (Å²) in [7, 11) is 0. The fraction of sp³-hybridized carbons (Fsp3) is 0.0833. The van der Waals surface area contributed by atoms with Crippen molar-refractivity contribution in [2.75, 3.05) is 0 Å². The van der Waals surface area contributed by atoms with E-state index in [1.165, 1.54) is 11.1 Å². The Morgan fingerprint density at radius 1 is 1.08 bits per heavy atom. The van der Waals surface area contributed by atoms with E-state index in [0.29, 0.717) is 0 Å². The van der Waals surface area contributed by atoms with E-state index in [9.17, 15) is 0 Å². The highest BCUT2D eigenvalue weighted by atomic mass is 14.0. The Kier molecular flexibility index (Phi) is 2.08. The van der Waals surface area contributed by atoms with Crippen LogP contribution in [0.2, 0.25) is 0 Å². The molecule has 1 radical (unpaired) electrons. The fourth-order valence-electron chi connectivity index (χ4n) is 1.33. The number of hydrogen-bond donors (Lipinski definition) is 0. The predicted octanol–water partition coefficient (Wildman–Crippen LogP) is 3.13. The topological polar surface area (TPSA) is 0 Å². The van der Waals surface area contributed by atoms with Crippen LogP contribution in [0.1, 0.15) is 12.0 Å². The molecule has 0 saturated heterocycles. The lowest BCUT2D eigenvalue weighted by Gasteiger charge is -1.99. The Labute approximate surface area is 73.2 Å². The predicted molar refractivity (Wildman–Crippen MR) is 51.7 cm³/mol. The van der Waals surface area contributed by atoms with Gasteiger partial charge in [0.15, 0.2) is 0 Å². The van der Waals surface area contributed by atoms with Crippen molar-refractivity contribution in [2.24, 2.45) is 0 Å². The zero-order chi connectivity index (χ0) is 8.23. The summed E-state index contributed by atoms with van der Waals surface area (Å²) in [5, 5.41) is 0. The van der Waals surface area contributed by atoms with Gasteiger partial charge in [0.1, 0.15) is 0 Å². The van der Waals surface area contributed by atoms with Crippen LogP contribution >= 0.6 is 0 Å². The second-order valence-electron chi connectivity index (χ2n) is 2.93. The van der Waals surface area contributed by atoms with Gasteiger partial charge in [0.05, 0.1) is 0 Å². The molecule has 12 heavy (non-hydrogen) atoms. The second-order valence-corrected chi connectivity index (χ2v) is 2.93. The molecule has 0 saturated carbocycles. The third kappa shape index (κ3) is 1.65. The summed E-state index contributed by atoms with van der Waals surface area (Å²) in [5.74, 6) is 0. The molecule has 1 aliphatic carbocycles. The van der Waals surface area contributed by atoms with Crippen LogP contribution in [0.4, 0.5) is 0 Å². The Balaban J connectivity index is 2.05. The van der Waals surface area contributed by atoms with Crippen molar-refractivity contribution in [1.82, 2.24) is 0 Å². The van der Waals surface area contributed by atoms with E-state index < -0.39 is 0 Å². The lowest BCUT2D eigenvalue weighted by Crippen LogP contribution is -1.83. The molecule has 0 aromatic heterocycles. The van der Waals surface area contributed by atoms with Crippen molar-refractivity contribution in [3.63, 3.8) is 0 Å². The first-order valence-corrected chi connectivity index (χ1v) is 4.21. The van der Waals surface area contributed by atoms with E-state index in [1.54, 1.807) is 0 Å². The third-order valence-corrected chi connectivity index (χ3v) is 1.95. The highest BCUT2D eigenvalue weighted by molar-refractivity contribution is 5.39. The van der Waals surface area contributed by atoms with Crippen LogP contribution in [0.15, 0.2) is 54.1 Å². The monoisotopic (exact) mass is 155 g/mol. The normalized spacial score (nSPS) is 14.8. The van der Waals surface area contributed by atoms with Crippen LogP contribution in [0.3, 0.4) is 0 Å². The average molecular weight is 155 g/mol. The quantitative estimate of drug-likeness (QED) is 0.615. The van der Waals surface area contributed by atoms with Crippen LogP contribution in [0, 0.1) is 6.42 Å². The first-order chi connectivity index (χ1) is 5.95. The van der Waals surface area contributed by atoms with Crippen LogP contribution in [-0.4, -0.2) is 0 Å². The SMILES string of the molecule is [CH](C1=CC=CC1)c1ccccc1. The van der Waals surface area contributed by atoms with Crippen LogP contribution < -0.4 is 0 Å². The number of rotatable bonds is 2. The molecule has 0 unspecified atom stereocenters. The fourth-order valence-corrected chi connectivity index (χ4v) is 1.33. The molecule has 1 aromatic rings. The van der Waals surface area contributed by atoms with Gasteiger partial charge in [-0.1, -0.05) is 54.1 Å².